The second-order valence-electron chi connectivity index (χ2n) is 9.23. The lowest BCUT2D eigenvalue weighted by molar-refractivity contribution is -0.137. The van der Waals surface area contributed by atoms with Crippen LogP contribution in [0.2, 0.25) is 0 Å². The van der Waals surface area contributed by atoms with Crippen molar-refractivity contribution in [3.63, 3.8) is 0 Å². The Morgan fingerprint density at radius 3 is 2.85 bits per heavy atom. The number of nitrogens with zero attached hydrogens (tertiary/aromatic N) is 5. The number of amidine groups is 1. The molecular formula is C23H26F4N6S. The van der Waals surface area contributed by atoms with E-state index in [-0.39, 0.29) is 16.8 Å². The summed E-state index contributed by atoms with van der Waals surface area (Å²) in [6.07, 6.45) is 1.50. The van der Waals surface area contributed by atoms with Crippen molar-refractivity contribution in [1.29, 1.82) is 0 Å². The smallest absolute Gasteiger partial charge is 0.326 e. The summed E-state index contributed by atoms with van der Waals surface area (Å²) < 4.78 is 52.9. The topological polar surface area (TPSA) is 56.7 Å². The number of benzene rings is 1. The van der Waals surface area contributed by atoms with Crippen LogP contribution < -0.4 is 5.43 Å². The third-order valence-corrected chi connectivity index (χ3v) is 8.29. The van der Waals surface area contributed by atoms with Gasteiger partial charge in [0.05, 0.1) is 5.56 Å². The fourth-order valence-electron chi connectivity index (χ4n) is 5.09. The first-order valence-corrected chi connectivity index (χ1v) is 12.3. The number of hydrogen-bond acceptors (Lipinski definition) is 7. The molecule has 0 bridgehead atoms. The first-order valence-electron chi connectivity index (χ1n) is 11.3. The molecule has 2 fully saturated rings. The molecule has 3 aliphatic rings. The Bertz CT molecular complexity index is 1070. The van der Waals surface area contributed by atoms with Gasteiger partial charge in [-0.25, -0.2) is 14.4 Å². The lowest BCUT2D eigenvalue weighted by atomic mass is 9.97. The number of aromatic nitrogens is 2. The van der Waals surface area contributed by atoms with Crippen molar-refractivity contribution < 1.29 is 17.6 Å². The molecule has 182 valence electrons. The second-order valence-corrected chi connectivity index (χ2v) is 10.4. The molecule has 1 aromatic heterocycles. The first kappa shape index (κ1) is 23.3. The van der Waals surface area contributed by atoms with Crippen LogP contribution in [-0.4, -0.2) is 63.5 Å². The molecule has 5 rings (SSSR count). The van der Waals surface area contributed by atoms with Gasteiger partial charge >= 0.3 is 6.18 Å². The molecule has 3 atom stereocenters. The third kappa shape index (κ3) is 4.59. The maximum absolute atomic E-state index is 14.4. The van der Waals surface area contributed by atoms with Gasteiger partial charge in [0, 0.05) is 19.8 Å². The molecule has 1 saturated heterocycles. The van der Waals surface area contributed by atoms with Gasteiger partial charge < -0.3 is 9.80 Å². The molecule has 34 heavy (non-hydrogen) atoms. The van der Waals surface area contributed by atoms with Crippen LogP contribution in [0.5, 0.6) is 0 Å². The van der Waals surface area contributed by atoms with E-state index in [4.69, 9.17) is 0 Å². The standard InChI is InChI=1S/C23H26F4N6S/c1-32-20(19-5-7-28-14-29-19)30-31-21(32)34-10-2-8-33-9-6-22(13-33)12-17(22)16-4-3-15(11-18(16)24)23(25,26)27/h3-5,7,11,14,17,21,31H,2,6,8-10,12-13H2,1H3/t17-,21?,22+/m1/s1. The third-order valence-electron chi connectivity index (χ3n) is 7.03. The van der Waals surface area contributed by atoms with Crippen LogP contribution in [0.25, 0.3) is 0 Å². The number of halogens is 4. The van der Waals surface area contributed by atoms with E-state index < -0.39 is 17.6 Å². The second kappa shape index (κ2) is 8.99. The lowest BCUT2D eigenvalue weighted by Gasteiger charge is -2.22. The van der Waals surface area contributed by atoms with Gasteiger partial charge in [0.1, 0.15) is 17.8 Å². The number of thioether (sulfide) groups is 1. The number of hydrazone groups is 1. The van der Waals surface area contributed by atoms with E-state index in [1.54, 1.807) is 18.0 Å². The Kier molecular flexibility index (Phi) is 6.18. The summed E-state index contributed by atoms with van der Waals surface area (Å²) in [6, 6.07) is 4.80. The maximum Gasteiger partial charge on any atom is 0.416 e. The predicted octanol–water partition coefficient (Wildman–Crippen LogP) is 4.12. The summed E-state index contributed by atoms with van der Waals surface area (Å²) in [5.41, 5.74) is 3.49. The van der Waals surface area contributed by atoms with Crippen LogP contribution in [0, 0.1) is 11.2 Å². The maximum atomic E-state index is 14.4. The number of hydrogen-bond donors (Lipinski definition) is 1. The summed E-state index contributed by atoms with van der Waals surface area (Å²) >= 11 is 1.78. The zero-order chi connectivity index (χ0) is 23.9. The van der Waals surface area contributed by atoms with E-state index in [0.717, 1.165) is 62.2 Å². The van der Waals surface area contributed by atoms with Crippen LogP contribution in [0.1, 0.15) is 42.0 Å². The van der Waals surface area contributed by atoms with Crippen LogP contribution in [0.4, 0.5) is 17.6 Å². The number of nitrogens with one attached hydrogen (secondary N) is 1. The summed E-state index contributed by atoms with van der Waals surface area (Å²) in [7, 11) is 1.98. The normalized spacial score (nSPS) is 26.7. The zero-order valence-electron chi connectivity index (χ0n) is 18.7. The molecule has 0 amide bonds. The number of rotatable bonds is 7. The van der Waals surface area contributed by atoms with Crippen molar-refractivity contribution in [3.8, 4) is 0 Å². The molecule has 1 unspecified atom stereocenters. The zero-order valence-corrected chi connectivity index (χ0v) is 19.5. The average Bonchev–Trinajstić information content (AvgIpc) is 3.14. The van der Waals surface area contributed by atoms with Gasteiger partial charge in [0.2, 0.25) is 0 Å². The molecule has 3 heterocycles. The largest absolute Gasteiger partial charge is 0.416 e. The van der Waals surface area contributed by atoms with Crippen molar-refractivity contribution in [2.24, 2.45) is 10.5 Å². The minimum absolute atomic E-state index is 0.0151. The summed E-state index contributed by atoms with van der Waals surface area (Å²) in [5, 5.41) is 4.39. The molecule has 1 N–H and O–H groups in total. The van der Waals surface area contributed by atoms with E-state index in [2.05, 4.69) is 30.3 Å². The van der Waals surface area contributed by atoms with E-state index in [1.165, 1.54) is 12.4 Å². The Hall–Kier alpha value is -2.40. The number of likely N-dealkylation sites (tertiary alicyclic amines) is 1. The molecule has 1 aliphatic carbocycles. The summed E-state index contributed by atoms with van der Waals surface area (Å²) in [5.74, 6) is 1.03. The fourth-order valence-corrected chi connectivity index (χ4v) is 6.06. The minimum Gasteiger partial charge on any atom is -0.326 e. The van der Waals surface area contributed by atoms with E-state index in [1.807, 2.05) is 13.1 Å². The number of alkyl halides is 3. The minimum atomic E-state index is -4.52. The Morgan fingerprint density at radius 2 is 2.12 bits per heavy atom. The van der Waals surface area contributed by atoms with Crippen molar-refractivity contribution in [1.82, 2.24) is 25.2 Å². The van der Waals surface area contributed by atoms with Crippen molar-refractivity contribution >= 4 is 17.6 Å². The summed E-state index contributed by atoms with van der Waals surface area (Å²) in [4.78, 5) is 12.6. The average molecular weight is 495 g/mol. The monoisotopic (exact) mass is 494 g/mol. The molecule has 1 saturated carbocycles. The fraction of sp³-hybridized carbons (Fsp3) is 0.522. The lowest BCUT2D eigenvalue weighted by Crippen LogP contribution is -2.35. The van der Waals surface area contributed by atoms with Crippen LogP contribution in [0.15, 0.2) is 41.9 Å². The molecule has 2 aliphatic heterocycles. The first-order chi connectivity index (χ1) is 16.3. The Balaban J connectivity index is 1.07. The predicted molar refractivity (Wildman–Crippen MR) is 123 cm³/mol. The van der Waals surface area contributed by atoms with Gasteiger partial charge in [-0.15, -0.1) is 11.8 Å². The highest BCUT2D eigenvalue weighted by molar-refractivity contribution is 7.99. The molecule has 2 aromatic rings. The quantitative estimate of drug-likeness (QED) is 0.462. The molecular weight excluding hydrogens is 468 g/mol. The SMILES string of the molecule is CN1C(c2ccncn2)=NNC1SCCCN1CC[C@]2(C[C@@H]2c2ccc(C(F)(F)F)cc2F)C1. The van der Waals surface area contributed by atoms with Gasteiger partial charge in [-0.05, 0) is 73.2 Å². The Morgan fingerprint density at radius 1 is 1.26 bits per heavy atom. The highest BCUT2D eigenvalue weighted by Crippen LogP contribution is 2.64. The van der Waals surface area contributed by atoms with Crippen LogP contribution in [-0.2, 0) is 6.18 Å². The van der Waals surface area contributed by atoms with Gasteiger partial charge in [-0.3, -0.25) is 5.43 Å². The molecule has 6 nitrogen and oxygen atoms in total. The van der Waals surface area contributed by atoms with Crippen LogP contribution >= 0.6 is 11.8 Å². The molecule has 11 heteroatoms. The van der Waals surface area contributed by atoms with Gasteiger partial charge in [0.15, 0.2) is 11.3 Å². The van der Waals surface area contributed by atoms with Gasteiger partial charge in [-0.1, -0.05) is 6.07 Å². The van der Waals surface area contributed by atoms with Crippen molar-refractivity contribution in [2.75, 3.05) is 32.4 Å². The van der Waals surface area contributed by atoms with E-state index in [9.17, 15) is 17.6 Å². The van der Waals surface area contributed by atoms with Crippen molar-refractivity contribution in [3.05, 3.63) is 59.4 Å². The van der Waals surface area contributed by atoms with Crippen molar-refractivity contribution in [2.45, 2.75) is 36.9 Å². The summed E-state index contributed by atoms with van der Waals surface area (Å²) in [6.45, 7) is 2.78. The van der Waals surface area contributed by atoms with Crippen LogP contribution in [0.3, 0.4) is 0 Å². The van der Waals surface area contributed by atoms with Gasteiger partial charge in [0.25, 0.3) is 0 Å². The molecule has 1 aromatic carbocycles. The molecule has 1 spiro atoms. The molecule has 0 radical (unpaired) electrons. The highest BCUT2D eigenvalue weighted by Gasteiger charge is 2.58. The van der Waals surface area contributed by atoms with E-state index >= 15 is 0 Å². The highest BCUT2D eigenvalue weighted by atomic mass is 32.2. The Labute approximate surface area is 199 Å². The van der Waals surface area contributed by atoms with Gasteiger partial charge in [-0.2, -0.15) is 18.3 Å². The van der Waals surface area contributed by atoms with E-state index in [0.29, 0.717) is 11.6 Å².